The van der Waals surface area contributed by atoms with Gasteiger partial charge in [0, 0.05) is 28.4 Å². The number of hydrogen-bond donors (Lipinski definition) is 2. The minimum atomic E-state index is -0.508. The van der Waals surface area contributed by atoms with Gasteiger partial charge in [-0.25, -0.2) is 0 Å². The highest BCUT2D eigenvalue weighted by atomic mass is 35.5. The van der Waals surface area contributed by atoms with Crippen molar-refractivity contribution in [3.8, 4) is 6.07 Å². The molecular weight excluding hydrogens is 501 g/mol. The van der Waals surface area contributed by atoms with E-state index in [1.54, 1.807) is 24.3 Å². The van der Waals surface area contributed by atoms with Crippen molar-refractivity contribution in [1.29, 1.82) is 5.26 Å². The highest BCUT2D eigenvalue weighted by molar-refractivity contribution is 6.31. The van der Waals surface area contributed by atoms with Crippen molar-refractivity contribution in [2.24, 2.45) is 0 Å². The Balaban J connectivity index is 0.000000468. The second kappa shape index (κ2) is 13.3. The van der Waals surface area contributed by atoms with Crippen LogP contribution < -0.4 is 10.6 Å². The van der Waals surface area contributed by atoms with Gasteiger partial charge >= 0.3 is 0 Å². The van der Waals surface area contributed by atoms with E-state index in [0.717, 1.165) is 47.8 Å². The number of aryl methyl sites for hydroxylation is 1. The minimum Gasteiger partial charge on any atom is -0.390 e. The Kier molecular flexibility index (Phi) is 10.2. The monoisotopic (exact) mass is 533 g/mol. The first-order chi connectivity index (χ1) is 17.8. The van der Waals surface area contributed by atoms with Crippen LogP contribution in [0.5, 0.6) is 0 Å². The molecule has 0 heterocycles. The highest BCUT2D eigenvalue weighted by Gasteiger charge is 2.39. The first-order valence-corrected chi connectivity index (χ1v) is 13.3. The van der Waals surface area contributed by atoms with Crippen molar-refractivity contribution in [2.45, 2.75) is 50.5 Å². The molecule has 1 amide bonds. The zero-order valence-corrected chi connectivity index (χ0v) is 22.9. The predicted molar refractivity (Wildman–Crippen MR) is 153 cm³/mol. The van der Waals surface area contributed by atoms with Crippen molar-refractivity contribution in [3.05, 3.63) is 117 Å². The van der Waals surface area contributed by atoms with Crippen molar-refractivity contribution in [1.82, 2.24) is 10.6 Å². The third-order valence-electron chi connectivity index (χ3n) is 6.99. The third kappa shape index (κ3) is 7.38. The molecule has 1 saturated carbocycles. The summed E-state index contributed by atoms with van der Waals surface area (Å²) >= 11 is 12.1. The van der Waals surface area contributed by atoms with Crippen molar-refractivity contribution < 1.29 is 4.79 Å². The van der Waals surface area contributed by atoms with E-state index >= 15 is 0 Å². The van der Waals surface area contributed by atoms with E-state index in [1.807, 2.05) is 37.4 Å². The summed E-state index contributed by atoms with van der Waals surface area (Å²) in [7, 11) is 1.84. The average molecular weight is 535 g/mol. The van der Waals surface area contributed by atoms with Crippen LogP contribution in [0.25, 0.3) is 0 Å². The Labute approximate surface area is 230 Å². The molecule has 1 aliphatic carbocycles. The normalized spacial score (nSPS) is 18.5. The Bertz CT molecular complexity index is 1240. The van der Waals surface area contributed by atoms with E-state index in [4.69, 9.17) is 28.5 Å². The summed E-state index contributed by atoms with van der Waals surface area (Å²) in [4.78, 5) is 12.9. The predicted octanol–water partition coefficient (Wildman–Crippen LogP) is 7.67. The lowest BCUT2D eigenvalue weighted by molar-refractivity contribution is 0.0885. The fourth-order valence-electron chi connectivity index (χ4n) is 4.69. The Morgan fingerprint density at radius 3 is 2.19 bits per heavy atom. The van der Waals surface area contributed by atoms with Gasteiger partial charge in [0.15, 0.2) is 0 Å². The maximum atomic E-state index is 12.9. The number of likely N-dealkylation sites (N-methyl/N-ethyl adjacent to an activating group) is 1. The number of carbonyl (C=O) groups excluding carboxylic acids is 1. The number of halogens is 2. The van der Waals surface area contributed by atoms with Gasteiger partial charge in [0.05, 0.1) is 17.2 Å². The molecule has 0 aromatic heterocycles. The summed E-state index contributed by atoms with van der Waals surface area (Å²) < 4.78 is 0. The Hall–Kier alpha value is -3.26. The second-order valence-corrected chi connectivity index (χ2v) is 10.1. The quantitative estimate of drug-likeness (QED) is 0.341. The van der Waals surface area contributed by atoms with E-state index in [-0.39, 0.29) is 5.91 Å². The largest absolute Gasteiger partial charge is 0.390 e. The molecule has 2 N–H and O–H groups in total. The standard InChI is InChI=1S/C25H28ClN3O.C6H5Cl/c1-4-18-7-10-22(23(26)15-18)20-11-13-25(14-12-20,17(2)28-3)29-24(30)21-8-5-19(16-27)6-9-21;7-6-4-2-1-3-5-6/h5-10,15,20,28H,2,4,11-14H2,1,3H3,(H,29,30);1-5H. The Morgan fingerprint density at radius 1 is 1.05 bits per heavy atom. The molecule has 37 heavy (non-hydrogen) atoms. The van der Waals surface area contributed by atoms with Crippen molar-refractivity contribution in [3.63, 3.8) is 0 Å². The fourth-order valence-corrected chi connectivity index (χ4v) is 5.19. The number of amides is 1. The van der Waals surface area contributed by atoms with Crippen LogP contribution in [0.1, 0.15) is 65.6 Å². The first kappa shape index (κ1) is 28.3. The SMILES string of the molecule is C=C(NC)C1(NC(=O)c2ccc(C#N)cc2)CCC(c2ccc(CC)cc2Cl)CC1.Clc1ccccc1. The number of hydrogen-bond acceptors (Lipinski definition) is 3. The third-order valence-corrected chi connectivity index (χ3v) is 7.57. The minimum absolute atomic E-state index is 0.153. The van der Waals surface area contributed by atoms with Gasteiger partial charge in [-0.1, -0.05) is 67.0 Å². The molecule has 1 fully saturated rings. The molecule has 4 rings (SSSR count). The lowest BCUT2D eigenvalue weighted by atomic mass is 9.72. The maximum absolute atomic E-state index is 12.9. The summed E-state index contributed by atoms with van der Waals surface area (Å²) in [6.45, 7) is 6.31. The molecule has 6 heteroatoms. The molecule has 3 aromatic rings. The fraction of sp³-hybridized carbons (Fsp3) is 0.290. The molecule has 0 aliphatic heterocycles. The van der Waals surface area contributed by atoms with Crippen molar-refractivity contribution in [2.75, 3.05) is 7.05 Å². The summed E-state index contributed by atoms with van der Waals surface area (Å²) in [6.07, 6.45) is 4.37. The summed E-state index contributed by atoms with van der Waals surface area (Å²) in [5, 5.41) is 17.0. The molecule has 0 bridgehead atoms. The molecule has 0 atom stereocenters. The van der Waals surface area contributed by atoms with Crippen LogP contribution in [0.15, 0.2) is 85.1 Å². The van der Waals surface area contributed by atoms with Gasteiger partial charge in [-0.3, -0.25) is 4.79 Å². The van der Waals surface area contributed by atoms with Gasteiger partial charge in [0.2, 0.25) is 0 Å². The van der Waals surface area contributed by atoms with Gasteiger partial charge in [-0.2, -0.15) is 5.26 Å². The molecule has 4 nitrogen and oxygen atoms in total. The topological polar surface area (TPSA) is 64.9 Å². The van der Waals surface area contributed by atoms with Gasteiger partial charge in [0.25, 0.3) is 5.91 Å². The number of carbonyl (C=O) groups is 1. The van der Waals surface area contributed by atoms with E-state index in [9.17, 15) is 4.79 Å². The molecule has 0 radical (unpaired) electrons. The van der Waals surface area contributed by atoms with Gasteiger partial charge in [-0.05, 0) is 91.6 Å². The lowest BCUT2D eigenvalue weighted by Gasteiger charge is -2.42. The van der Waals surface area contributed by atoms with Gasteiger partial charge in [-0.15, -0.1) is 0 Å². The maximum Gasteiger partial charge on any atom is 0.252 e. The number of nitriles is 1. The van der Waals surface area contributed by atoms with Crippen LogP contribution in [0, 0.1) is 11.3 Å². The molecular formula is C31H33Cl2N3O. The summed E-state index contributed by atoms with van der Waals surface area (Å²) in [5.41, 5.74) is 3.81. The van der Waals surface area contributed by atoms with Crippen LogP contribution in [-0.2, 0) is 6.42 Å². The Morgan fingerprint density at radius 2 is 1.70 bits per heavy atom. The highest BCUT2D eigenvalue weighted by Crippen LogP contribution is 2.42. The number of nitrogens with one attached hydrogen (secondary N) is 2. The van der Waals surface area contributed by atoms with Crippen molar-refractivity contribution >= 4 is 29.1 Å². The van der Waals surface area contributed by atoms with Gasteiger partial charge in [0.1, 0.15) is 0 Å². The molecule has 0 saturated heterocycles. The van der Waals surface area contributed by atoms with Crippen LogP contribution in [0.4, 0.5) is 0 Å². The molecule has 0 unspecified atom stereocenters. The van der Waals surface area contributed by atoms with Gasteiger partial charge < -0.3 is 10.6 Å². The van der Waals surface area contributed by atoms with Crippen LogP contribution in [0.3, 0.4) is 0 Å². The molecule has 0 spiro atoms. The number of nitrogens with zero attached hydrogens (tertiary/aromatic N) is 1. The summed E-state index contributed by atoms with van der Waals surface area (Å²) in [5.74, 6) is 0.215. The smallest absolute Gasteiger partial charge is 0.252 e. The van der Waals surface area contributed by atoms with E-state index < -0.39 is 5.54 Å². The summed E-state index contributed by atoms with van der Waals surface area (Å²) in [6, 6.07) is 24.6. The van der Waals surface area contributed by atoms with E-state index in [2.05, 4.69) is 48.4 Å². The molecule has 1 aliphatic rings. The molecule has 192 valence electrons. The van der Waals surface area contributed by atoms with E-state index in [1.165, 1.54) is 11.1 Å². The van der Waals surface area contributed by atoms with Crippen LogP contribution >= 0.6 is 23.2 Å². The van der Waals surface area contributed by atoms with E-state index in [0.29, 0.717) is 17.0 Å². The lowest BCUT2D eigenvalue weighted by Crippen LogP contribution is -2.54. The number of rotatable bonds is 6. The average Bonchev–Trinajstić information content (AvgIpc) is 2.93. The zero-order valence-electron chi connectivity index (χ0n) is 21.4. The zero-order chi connectivity index (χ0) is 26.8. The van der Waals surface area contributed by atoms with Crippen LogP contribution in [0.2, 0.25) is 10.0 Å². The number of benzene rings is 3. The first-order valence-electron chi connectivity index (χ1n) is 12.5. The van der Waals surface area contributed by atoms with Crippen LogP contribution in [-0.4, -0.2) is 18.5 Å². The second-order valence-electron chi connectivity index (χ2n) is 9.23. The molecule has 3 aromatic carbocycles.